The molecule has 1 atom stereocenters. The van der Waals surface area contributed by atoms with E-state index in [0.29, 0.717) is 12.3 Å². The third-order valence-corrected chi connectivity index (χ3v) is 5.75. The van der Waals surface area contributed by atoms with Crippen molar-refractivity contribution < 1.29 is 9.21 Å². The second-order valence-electron chi connectivity index (χ2n) is 7.81. The molecule has 4 heterocycles. The first-order valence-electron chi connectivity index (χ1n) is 9.50. The van der Waals surface area contributed by atoms with Crippen molar-refractivity contribution in [2.75, 3.05) is 26.2 Å². The Kier molecular flexibility index (Phi) is 4.80. The molecule has 7 nitrogen and oxygen atoms in total. The highest BCUT2D eigenvalue weighted by molar-refractivity contribution is 5.77. The van der Waals surface area contributed by atoms with E-state index >= 15 is 0 Å². The Morgan fingerprint density at radius 2 is 2.27 bits per heavy atom. The lowest BCUT2D eigenvalue weighted by Crippen LogP contribution is -2.54. The number of nitrogens with zero attached hydrogens (tertiary/aromatic N) is 4. The number of carbonyl (C=O) groups is 1. The van der Waals surface area contributed by atoms with Gasteiger partial charge in [0.25, 0.3) is 0 Å². The zero-order valence-electron chi connectivity index (χ0n) is 15.4. The smallest absolute Gasteiger partial charge is 0.222 e. The molecule has 0 aliphatic carbocycles. The minimum absolute atomic E-state index is 0.221. The minimum atomic E-state index is 0.221. The Morgan fingerprint density at radius 1 is 1.35 bits per heavy atom. The van der Waals surface area contributed by atoms with Crippen LogP contribution in [-0.4, -0.2) is 56.8 Å². The molecule has 4 rings (SSSR count). The molecular weight excluding hydrogens is 330 g/mol. The molecule has 0 bridgehead atoms. The lowest BCUT2D eigenvalue weighted by Gasteiger charge is -2.48. The van der Waals surface area contributed by atoms with Gasteiger partial charge in [-0.2, -0.15) is 0 Å². The molecule has 140 valence electrons. The predicted molar refractivity (Wildman–Crippen MR) is 96.3 cm³/mol. The molecule has 0 saturated carbocycles. The SMILES string of the molecule is Cc1nc(CN2CCC[C@@]3(CCC(=O)N(CCc4cnc[nH]4)C3)C2)co1. The molecule has 1 N–H and O–H groups in total. The van der Waals surface area contributed by atoms with Gasteiger partial charge in [0.05, 0.1) is 12.0 Å². The highest BCUT2D eigenvalue weighted by Crippen LogP contribution is 2.39. The summed E-state index contributed by atoms with van der Waals surface area (Å²) in [4.78, 5) is 28.6. The average molecular weight is 357 g/mol. The topological polar surface area (TPSA) is 78.3 Å². The molecule has 0 radical (unpaired) electrons. The number of nitrogens with one attached hydrogen (secondary N) is 1. The fourth-order valence-corrected chi connectivity index (χ4v) is 4.47. The van der Waals surface area contributed by atoms with E-state index in [1.54, 1.807) is 12.6 Å². The Hall–Kier alpha value is -2.15. The van der Waals surface area contributed by atoms with Crippen LogP contribution in [0.1, 0.15) is 43.0 Å². The number of amides is 1. The van der Waals surface area contributed by atoms with E-state index in [9.17, 15) is 4.79 Å². The van der Waals surface area contributed by atoms with Crippen molar-refractivity contribution in [3.8, 4) is 0 Å². The van der Waals surface area contributed by atoms with Gasteiger partial charge in [-0.25, -0.2) is 9.97 Å². The van der Waals surface area contributed by atoms with Gasteiger partial charge in [0, 0.05) is 63.3 Å². The van der Waals surface area contributed by atoms with E-state index in [1.807, 2.05) is 13.1 Å². The number of likely N-dealkylation sites (tertiary alicyclic amines) is 2. The quantitative estimate of drug-likeness (QED) is 0.887. The maximum atomic E-state index is 12.4. The van der Waals surface area contributed by atoms with E-state index in [2.05, 4.69) is 24.8 Å². The lowest BCUT2D eigenvalue weighted by atomic mass is 9.73. The van der Waals surface area contributed by atoms with E-state index in [1.165, 1.54) is 12.8 Å². The van der Waals surface area contributed by atoms with Crippen LogP contribution in [0.15, 0.2) is 23.2 Å². The van der Waals surface area contributed by atoms with Gasteiger partial charge < -0.3 is 14.3 Å². The number of hydrogen-bond acceptors (Lipinski definition) is 5. The molecule has 0 aromatic carbocycles. The molecule has 0 unspecified atom stereocenters. The molecule has 2 fully saturated rings. The Labute approximate surface area is 153 Å². The maximum absolute atomic E-state index is 12.4. The second-order valence-corrected chi connectivity index (χ2v) is 7.81. The number of aryl methyl sites for hydroxylation is 1. The van der Waals surface area contributed by atoms with Crippen LogP contribution in [0.3, 0.4) is 0 Å². The van der Waals surface area contributed by atoms with Crippen LogP contribution < -0.4 is 0 Å². The summed E-state index contributed by atoms with van der Waals surface area (Å²) in [5.41, 5.74) is 2.31. The van der Waals surface area contributed by atoms with Crippen LogP contribution in [0.5, 0.6) is 0 Å². The standard InChI is InChI=1S/C19H27N5O2/c1-15-22-17(11-26-15)10-23-7-2-5-19(12-23)6-3-18(25)24(13-19)8-4-16-9-20-14-21-16/h9,11,14H,2-8,10,12-13H2,1H3,(H,20,21)/t19-/m1/s1. The van der Waals surface area contributed by atoms with Gasteiger partial charge >= 0.3 is 0 Å². The van der Waals surface area contributed by atoms with Crippen LogP contribution >= 0.6 is 0 Å². The van der Waals surface area contributed by atoms with Crippen LogP contribution in [-0.2, 0) is 17.8 Å². The number of imidazole rings is 1. The van der Waals surface area contributed by atoms with Crippen molar-refractivity contribution in [1.29, 1.82) is 0 Å². The number of piperidine rings is 2. The van der Waals surface area contributed by atoms with Crippen LogP contribution in [0.25, 0.3) is 0 Å². The summed E-state index contributed by atoms with van der Waals surface area (Å²) in [7, 11) is 0. The number of aromatic amines is 1. The lowest BCUT2D eigenvalue weighted by molar-refractivity contribution is -0.139. The third-order valence-electron chi connectivity index (χ3n) is 5.75. The van der Waals surface area contributed by atoms with E-state index in [-0.39, 0.29) is 5.41 Å². The Bertz CT molecular complexity index is 741. The first kappa shape index (κ1) is 17.3. The van der Waals surface area contributed by atoms with Crippen molar-refractivity contribution in [1.82, 2.24) is 24.8 Å². The average Bonchev–Trinajstić information content (AvgIpc) is 3.28. The maximum Gasteiger partial charge on any atom is 0.222 e. The van der Waals surface area contributed by atoms with E-state index in [0.717, 1.165) is 62.8 Å². The first-order chi connectivity index (χ1) is 12.6. The normalized spacial score (nSPS) is 24.5. The van der Waals surface area contributed by atoms with Gasteiger partial charge in [-0.05, 0) is 25.8 Å². The number of oxazole rings is 1. The minimum Gasteiger partial charge on any atom is -0.449 e. The van der Waals surface area contributed by atoms with Crippen LogP contribution in [0, 0.1) is 12.3 Å². The highest BCUT2D eigenvalue weighted by Gasteiger charge is 2.41. The summed E-state index contributed by atoms with van der Waals surface area (Å²) in [5.74, 6) is 1.01. The third kappa shape index (κ3) is 3.82. The Morgan fingerprint density at radius 3 is 3.04 bits per heavy atom. The van der Waals surface area contributed by atoms with Crippen molar-refractivity contribution >= 4 is 5.91 Å². The Balaban J connectivity index is 1.38. The molecule has 1 spiro atoms. The zero-order chi connectivity index (χ0) is 18.0. The van der Waals surface area contributed by atoms with Crippen molar-refractivity contribution in [3.63, 3.8) is 0 Å². The van der Waals surface area contributed by atoms with Gasteiger partial charge in [-0.3, -0.25) is 9.69 Å². The summed E-state index contributed by atoms with van der Waals surface area (Å²) in [6.07, 6.45) is 10.2. The number of aromatic nitrogens is 3. The number of rotatable bonds is 5. The van der Waals surface area contributed by atoms with Gasteiger partial charge in [0.1, 0.15) is 6.26 Å². The van der Waals surface area contributed by atoms with E-state index in [4.69, 9.17) is 4.42 Å². The molecule has 2 aromatic rings. The molecule has 2 aliphatic heterocycles. The first-order valence-corrected chi connectivity index (χ1v) is 9.50. The molecular formula is C19H27N5O2. The summed E-state index contributed by atoms with van der Waals surface area (Å²) >= 11 is 0. The van der Waals surface area contributed by atoms with E-state index < -0.39 is 0 Å². The summed E-state index contributed by atoms with van der Waals surface area (Å²) < 4.78 is 5.34. The number of carbonyl (C=O) groups excluding carboxylic acids is 1. The van der Waals surface area contributed by atoms with Gasteiger partial charge in [-0.15, -0.1) is 0 Å². The molecule has 2 aliphatic rings. The molecule has 7 heteroatoms. The fourth-order valence-electron chi connectivity index (χ4n) is 4.47. The number of hydrogen-bond donors (Lipinski definition) is 1. The number of H-pyrrole nitrogens is 1. The summed E-state index contributed by atoms with van der Waals surface area (Å²) in [6, 6.07) is 0. The largest absolute Gasteiger partial charge is 0.449 e. The van der Waals surface area contributed by atoms with Gasteiger partial charge in [-0.1, -0.05) is 0 Å². The fraction of sp³-hybridized carbons (Fsp3) is 0.632. The zero-order valence-corrected chi connectivity index (χ0v) is 15.4. The van der Waals surface area contributed by atoms with Gasteiger partial charge in [0.15, 0.2) is 5.89 Å². The molecule has 26 heavy (non-hydrogen) atoms. The molecule has 2 saturated heterocycles. The predicted octanol–water partition coefficient (Wildman–Crippen LogP) is 2.15. The van der Waals surface area contributed by atoms with Crippen LogP contribution in [0.4, 0.5) is 0 Å². The van der Waals surface area contributed by atoms with Crippen molar-refractivity contribution in [3.05, 3.63) is 36.1 Å². The molecule has 1 amide bonds. The van der Waals surface area contributed by atoms with Crippen LogP contribution in [0.2, 0.25) is 0 Å². The summed E-state index contributed by atoms with van der Waals surface area (Å²) in [5, 5.41) is 0. The van der Waals surface area contributed by atoms with Crippen molar-refractivity contribution in [2.24, 2.45) is 5.41 Å². The highest BCUT2D eigenvalue weighted by atomic mass is 16.3. The van der Waals surface area contributed by atoms with Crippen molar-refractivity contribution in [2.45, 2.75) is 45.6 Å². The molecule has 2 aromatic heterocycles. The second kappa shape index (κ2) is 7.23. The monoisotopic (exact) mass is 357 g/mol. The summed E-state index contributed by atoms with van der Waals surface area (Å²) in [6.45, 7) is 6.48. The van der Waals surface area contributed by atoms with Gasteiger partial charge in [0.2, 0.25) is 5.91 Å².